The van der Waals surface area contributed by atoms with Crippen LogP contribution in [0.2, 0.25) is 0 Å². The van der Waals surface area contributed by atoms with E-state index in [1.807, 2.05) is 6.07 Å². The van der Waals surface area contributed by atoms with E-state index in [1.165, 1.54) is 6.07 Å². The number of halogens is 2. The molecule has 3 heteroatoms. The molecule has 90 valence electrons. The smallest absolute Gasteiger partial charge is 0.137 e. The maximum atomic E-state index is 13.3. The molecule has 1 unspecified atom stereocenters. The van der Waals surface area contributed by atoms with E-state index < -0.39 is 0 Å². The third-order valence-corrected chi connectivity index (χ3v) is 3.55. The predicted octanol–water partition coefficient (Wildman–Crippen LogP) is 3.77. The Labute approximate surface area is 106 Å². The Balaban J connectivity index is 2.49. The lowest BCUT2D eigenvalue weighted by Gasteiger charge is -2.13. The Morgan fingerprint density at radius 2 is 2.19 bits per heavy atom. The van der Waals surface area contributed by atoms with E-state index in [4.69, 9.17) is 0 Å². The molecule has 0 saturated carbocycles. The zero-order valence-corrected chi connectivity index (χ0v) is 11.5. The molecule has 16 heavy (non-hydrogen) atoms. The van der Waals surface area contributed by atoms with Gasteiger partial charge in [0.05, 0.1) is 4.47 Å². The molecule has 1 rings (SSSR count). The number of rotatable bonds is 6. The van der Waals surface area contributed by atoms with Crippen LogP contribution in [-0.4, -0.2) is 13.1 Å². The summed E-state index contributed by atoms with van der Waals surface area (Å²) in [5.74, 6) is 0.397. The van der Waals surface area contributed by atoms with Gasteiger partial charge in [0.2, 0.25) is 0 Å². The number of hydrogen-bond donors (Lipinski definition) is 1. The quantitative estimate of drug-likeness (QED) is 0.786. The van der Waals surface area contributed by atoms with Gasteiger partial charge in [0, 0.05) is 0 Å². The van der Waals surface area contributed by atoms with Crippen molar-refractivity contribution in [2.45, 2.75) is 26.7 Å². The van der Waals surface area contributed by atoms with Crippen molar-refractivity contribution >= 4 is 15.9 Å². The summed E-state index contributed by atoms with van der Waals surface area (Å²) < 4.78 is 13.9. The third-order valence-electron chi connectivity index (χ3n) is 2.66. The van der Waals surface area contributed by atoms with E-state index in [1.54, 1.807) is 6.07 Å². The molecule has 0 heterocycles. The van der Waals surface area contributed by atoms with Gasteiger partial charge < -0.3 is 5.32 Å². The second kappa shape index (κ2) is 7.02. The van der Waals surface area contributed by atoms with Gasteiger partial charge in [0.25, 0.3) is 0 Å². The van der Waals surface area contributed by atoms with E-state index in [0.717, 1.165) is 31.5 Å². The van der Waals surface area contributed by atoms with Gasteiger partial charge in [-0.2, -0.15) is 0 Å². The maximum absolute atomic E-state index is 13.3. The fourth-order valence-corrected chi connectivity index (χ4v) is 2.14. The SMILES string of the molecule is CCNCCC(C)Cc1cccc(F)c1Br. The summed E-state index contributed by atoms with van der Waals surface area (Å²) >= 11 is 3.30. The zero-order valence-electron chi connectivity index (χ0n) is 9.89. The van der Waals surface area contributed by atoms with E-state index in [-0.39, 0.29) is 5.82 Å². The van der Waals surface area contributed by atoms with Gasteiger partial charge in [0.1, 0.15) is 5.82 Å². The van der Waals surface area contributed by atoms with Gasteiger partial charge in [-0.15, -0.1) is 0 Å². The summed E-state index contributed by atoms with van der Waals surface area (Å²) in [6.45, 7) is 6.35. The first-order valence-corrected chi connectivity index (χ1v) is 6.58. The highest BCUT2D eigenvalue weighted by Crippen LogP contribution is 2.23. The van der Waals surface area contributed by atoms with Crippen molar-refractivity contribution < 1.29 is 4.39 Å². The summed E-state index contributed by atoms with van der Waals surface area (Å²) in [5, 5.41) is 3.31. The molecule has 0 spiro atoms. The summed E-state index contributed by atoms with van der Waals surface area (Å²) in [7, 11) is 0. The first-order valence-electron chi connectivity index (χ1n) is 5.78. The minimum atomic E-state index is -0.170. The molecule has 1 aromatic carbocycles. The second-order valence-corrected chi connectivity index (χ2v) is 4.96. The summed E-state index contributed by atoms with van der Waals surface area (Å²) in [4.78, 5) is 0. The van der Waals surface area contributed by atoms with Crippen LogP contribution in [-0.2, 0) is 6.42 Å². The molecular weight excluding hydrogens is 269 g/mol. The van der Waals surface area contributed by atoms with Crippen LogP contribution >= 0.6 is 15.9 Å². The Hall–Kier alpha value is -0.410. The highest BCUT2D eigenvalue weighted by molar-refractivity contribution is 9.10. The highest BCUT2D eigenvalue weighted by atomic mass is 79.9. The number of hydrogen-bond acceptors (Lipinski definition) is 1. The summed E-state index contributed by atoms with van der Waals surface area (Å²) in [6.07, 6.45) is 2.04. The number of nitrogens with one attached hydrogen (secondary N) is 1. The van der Waals surface area contributed by atoms with Crippen molar-refractivity contribution in [1.82, 2.24) is 5.32 Å². The van der Waals surface area contributed by atoms with Crippen LogP contribution in [0.3, 0.4) is 0 Å². The fourth-order valence-electron chi connectivity index (χ4n) is 1.71. The van der Waals surface area contributed by atoms with Crippen molar-refractivity contribution in [3.8, 4) is 0 Å². The minimum absolute atomic E-state index is 0.170. The normalized spacial score (nSPS) is 12.8. The third kappa shape index (κ3) is 4.22. The summed E-state index contributed by atoms with van der Waals surface area (Å²) in [6, 6.07) is 5.24. The molecule has 0 radical (unpaired) electrons. The van der Waals surface area contributed by atoms with E-state index in [9.17, 15) is 4.39 Å². The topological polar surface area (TPSA) is 12.0 Å². The zero-order chi connectivity index (χ0) is 12.0. The van der Waals surface area contributed by atoms with Crippen LogP contribution in [0, 0.1) is 11.7 Å². The molecule has 1 aromatic rings. The Morgan fingerprint density at radius 1 is 1.44 bits per heavy atom. The molecule has 0 aromatic heterocycles. The van der Waals surface area contributed by atoms with Crippen LogP contribution < -0.4 is 5.32 Å². The molecule has 1 nitrogen and oxygen atoms in total. The van der Waals surface area contributed by atoms with Crippen molar-refractivity contribution in [2.24, 2.45) is 5.92 Å². The second-order valence-electron chi connectivity index (χ2n) is 4.16. The predicted molar refractivity (Wildman–Crippen MR) is 70.1 cm³/mol. The maximum Gasteiger partial charge on any atom is 0.137 e. The van der Waals surface area contributed by atoms with Gasteiger partial charge in [-0.3, -0.25) is 0 Å². The van der Waals surface area contributed by atoms with Crippen molar-refractivity contribution in [2.75, 3.05) is 13.1 Å². The van der Waals surface area contributed by atoms with Crippen LogP contribution in [0.5, 0.6) is 0 Å². The average Bonchev–Trinajstić information content (AvgIpc) is 2.25. The first kappa shape index (κ1) is 13.7. The first-order chi connectivity index (χ1) is 7.65. The van der Waals surface area contributed by atoms with Gasteiger partial charge >= 0.3 is 0 Å². The Morgan fingerprint density at radius 3 is 2.88 bits per heavy atom. The summed E-state index contributed by atoms with van der Waals surface area (Å²) in [5.41, 5.74) is 1.06. The van der Waals surface area contributed by atoms with Crippen molar-refractivity contribution in [3.63, 3.8) is 0 Å². The van der Waals surface area contributed by atoms with E-state index >= 15 is 0 Å². The minimum Gasteiger partial charge on any atom is -0.317 e. The van der Waals surface area contributed by atoms with Crippen LogP contribution in [0.1, 0.15) is 25.8 Å². The highest BCUT2D eigenvalue weighted by Gasteiger charge is 2.09. The van der Waals surface area contributed by atoms with Gasteiger partial charge in [0.15, 0.2) is 0 Å². The molecule has 0 aliphatic heterocycles. The lowest BCUT2D eigenvalue weighted by Crippen LogP contribution is -2.17. The average molecular weight is 288 g/mol. The van der Waals surface area contributed by atoms with Crippen LogP contribution in [0.25, 0.3) is 0 Å². The molecular formula is C13H19BrFN. The molecule has 0 saturated heterocycles. The molecule has 1 atom stereocenters. The van der Waals surface area contributed by atoms with E-state index in [2.05, 4.69) is 35.1 Å². The lowest BCUT2D eigenvalue weighted by molar-refractivity contribution is 0.501. The van der Waals surface area contributed by atoms with Crippen LogP contribution in [0.15, 0.2) is 22.7 Å². The Kier molecular flexibility index (Phi) is 5.99. The number of benzene rings is 1. The van der Waals surface area contributed by atoms with Gasteiger partial charge in [-0.1, -0.05) is 26.0 Å². The fraction of sp³-hybridized carbons (Fsp3) is 0.538. The Bertz CT molecular complexity index is 328. The standard InChI is InChI=1S/C13H19BrFN/c1-3-16-8-7-10(2)9-11-5-4-6-12(15)13(11)14/h4-6,10,16H,3,7-9H2,1-2H3. The van der Waals surface area contributed by atoms with Gasteiger partial charge in [-0.05, 0) is 59.4 Å². The molecule has 0 aliphatic carbocycles. The van der Waals surface area contributed by atoms with Crippen molar-refractivity contribution in [3.05, 3.63) is 34.1 Å². The van der Waals surface area contributed by atoms with Crippen molar-refractivity contribution in [1.29, 1.82) is 0 Å². The molecule has 0 bridgehead atoms. The van der Waals surface area contributed by atoms with E-state index in [0.29, 0.717) is 10.4 Å². The lowest BCUT2D eigenvalue weighted by atomic mass is 9.98. The molecule has 0 aliphatic rings. The monoisotopic (exact) mass is 287 g/mol. The van der Waals surface area contributed by atoms with Crippen LogP contribution in [0.4, 0.5) is 4.39 Å². The molecule has 0 amide bonds. The van der Waals surface area contributed by atoms with Gasteiger partial charge in [-0.25, -0.2) is 4.39 Å². The molecule has 0 fully saturated rings. The largest absolute Gasteiger partial charge is 0.317 e. The molecule has 1 N–H and O–H groups in total.